The number of aromatic nitrogens is 3. The average molecular weight is 382 g/mol. The van der Waals surface area contributed by atoms with Gasteiger partial charge in [0.25, 0.3) is 0 Å². The van der Waals surface area contributed by atoms with E-state index < -0.39 is 0 Å². The van der Waals surface area contributed by atoms with Crippen LogP contribution in [0.3, 0.4) is 0 Å². The number of nitrogens with zero attached hydrogens (tertiary/aromatic N) is 3. The standard InChI is InChI=1S/C24H22N4O/c29-22(14-17-6-7-17)20-10-8-19(9-11-20)21-16-27-24-23(25-12-13-28(21)24)26-15-18-4-2-1-3-5-18/h1-5,8-13,16-17H,6-7,14-15H2,(H,25,26). The second-order valence-electron chi connectivity index (χ2n) is 7.60. The van der Waals surface area contributed by atoms with E-state index in [1.54, 1.807) is 6.20 Å². The van der Waals surface area contributed by atoms with Crippen molar-refractivity contribution in [3.05, 3.63) is 84.3 Å². The predicted octanol–water partition coefficient (Wildman–Crippen LogP) is 4.99. The normalized spacial score (nSPS) is 13.5. The van der Waals surface area contributed by atoms with E-state index >= 15 is 0 Å². The molecule has 1 aliphatic rings. The third-order valence-corrected chi connectivity index (χ3v) is 5.40. The summed E-state index contributed by atoms with van der Waals surface area (Å²) < 4.78 is 2.03. The third kappa shape index (κ3) is 3.76. The lowest BCUT2D eigenvalue weighted by molar-refractivity contribution is 0.0976. The number of hydrogen-bond acceptors (Lipinski definition) is 4. The number of nitrogens with one attached hydrogen (secondary N) is 1. The molecule has 2 aromatic heterocycles. The van der Waals surface area contributed by atoms with E-state index in [0.717, 1.165) is 28.3 Å². The van der Waals surface area contributed by atoms with E-state index in [-0.39, 0.29) is 5.78 Å². The van der Waals surface area contributed by atoms with Crippen LogP contribution in [0, 0.1) is 5.92 Å². The van der Waals surface area contributed by atoms with Crippen LogP contribution in [-0.2, 0) is 6.54 Å². The van der Waals surface area contributed by atoms with Gasteiger partial charge >= 0.3 is 0 Å². The number of ketones is 1. The zero-order valence-electron chi connectivity index (χ0n) is 16.1. The van der Waals surface area contributed by atoms with Crippen molar-refractivity contribution in [1.29, 1.82) is 0 Å². The topological polar surface area (TPSA) is 59.3 Å². The molecule has 2 heterocycles. The summed E-state index contributed by atoms with van der Waals surface area (Å²) in [5, 5.41) is 3.38. The Morgan fingerprint density at radius 3 is 2.59 bits per heavy atom. The zero-order chi connectivity index (χ0) is 19.6. The summed E-state index contributed by atoms with van der Waals surface area (Å²) in [6.45, 7) is 0.688. The molecule has 0 aliphatic heterocycles. The van der Waals surface area contributed by atoms with Gasteiger partial charge in [-0.2, -0.15) is 0 Å². The van der Waals surface area contributed by atoms with Crippen LogP contribution in [-0.4, -0.2) is 20.2 Å². The number of anilines is 1. The maximum Gasteiger partial charge on any atom is 0.180 e. The highest BCUT2D eigenvalue weighted by Crippen LogP contribution is 2.33. The van der Waals surface area contributed by atoms with Gasteiger partial charge in [0.2, 0.25) is 0 Å². The Bertz CT molecular complexity index is 1140. The Labute approximate surface area is 169 Å². The van der Waals surface area contributed by atoms with E-state index in [1.165, 1.54) is 18.4 Å². The van der Waals surface area contributed by atoms with Gasteiger partial charge in [-0.1, -0.05) is 54.6 Å². The molecule has 1 aliphatic carbocycles. The van der Waals surface area contributed by atoms with E-state index in [1.807, 2.05) is 59.3 Å². The van der Waals surface area contributed by atoms with Crippen molar-refractivity contribution in [3.8, 4) is 11.3 Å². The van der Waals surface area contributed by atoms with Crippen molar-refractivity contribution in [1.82, 2.24) is 14.4 Å². The Balaban J connectivity index is 1.38. The second-order valence-corrected chi connectivity index (χ2v) is 7.60. The highest BCUT2D eigenvalue weighted by atomic mass is 16.1. The molecule has 0 amide bonds. The van der Waals surface area contributed by atoms with Crippen molar-refractivity contribution in [2.75, 3.05) is 5.32 Å². The van der Waals surface area contributed by atoms with Gasteiger partial charge < -0.3 is 5.32 Å². The fourth-order valence-corrected chi connectivity index (χ4v) is 3.57. The van der Waals surface area contributed by atoms with Gasteiger partial charge in [-0.3, -0.25) is 9.20 Å². The van der Waals surface area contributed by atoms with Crippen molar-refractivity contribution in [2.45, 2.75) is 25.8 Å². The number of rotatable bonds is 7. The molecule has 0 radical (unpaired) electrons. The van der Waals surface area contributed by atoms with Crippen LogP contribution < -0.4 is 5.32 Å². The molecule has 0 spiro atoms. The Hall–Kier alpha value is -3.47. The first-order valence-corrected chi connectivity index (χ1v) is 10.0. The molecule has 4 aromatic rings. The SMILES string of the molecule is O=C(CC1CC1)c1ccc(-c2cnc3c(NCc4ccccc4)nccn23)cc1. The molecule has 1 N–H and O–H groups in total. The number of hydrogen-bond donors (Lipinski definition) is 1. The largest absolute Gasteiger partial charge is 0.363 e. The summed E-state index contributed by atoms with van der Waals surface area (Å²) in [7, 11) is 0. The van der Waals surface area contributed by atoms with Crippen LogP contribution in [0.25, 0.3) is 16.9 Å². The highest BCUT2D eigenvalue weighted by Gasteiger charge is 2.24. The second kappa shape index (κ2) is 7.51. The first-order chi connectivity index (χ1) is 14.3. The number of Topliss-reactive ketones (excluding diaryl/α,β-unsaturated/α-hetero) is 1. The predicted molar refractivity (Wildman–Crippen MR) is 114 cm³/mol. The number of benzene rings is 2. The van der Waals surface area contributed by atoms with Crippen LogP contribution in [0.2, 0.25) is 0 Å². The number of imidazole rings is 1. The Morgan fingerprint density at radius 1 is 1.03 bits per heavy atom. The van der Waals surface area contributed by atoms with Gasteiger partial charge in [-0.25, -0.2) is 9.97 Å². The maximum atomic E-state index is 12.3. The number of fused-ring (bicyclic) bond motifs is 1. The van der Waals surface area contributed by atoms with E-state index in [9.17, 15) is 4.79 Å². The van der Waals surface area contributed by atoms with Crippen molar-refractivity contribution in [2.24, 2.45) is 5.92 Å². The summed E-state index contributed by atoms with van der Waals surface area (Å²) in [6, 6.07) is 18.1. The van der Waals surface area contributed by atoms with Crippen molar-refractivity contribution in [3.63, 3.8) is 0 Å². The first kappa shape index (κ1) is 17.6. The minimum atomic E-state index is 0.244. The molecule has 1 saturated carbocycles. The van der Waals surface area contributed by atoms with Gasteiger partial charge in [-0.15, -0.1) is 0 Å². The lowest BCUT2D eigenvalue weighted by Crippen LogP contribution is -2.04. The lowest BCUT2D eigenvalue weighted by atomic mass is 10.0. The van der Waals surface area contributed by atoms with Crippen LogP contribution in [0.15, 0.2) is 73.2 Å². The Kier molecular flexibility index (Phi) is 4.56. The molecule has 1 fully saturated rings. The van der Waals surface area contributed by atoms with E-state index in [4.69, 9.17) is 0 Å². The lowest BCUT2D eigenvalue weighted by Gasteiger charge is -2.08. The van der Waals surface area contributed by atoms with E-state index in [0.29, 0.717) is 18.9 Å². The van der Waals surface area contributed by atoms with Gasteiger partial charge in [0.05, 0.1) is 11.9 Å². The highest BCUT2D eigenvalue weighted by molar-refractivity contribution is 5.96. The molecule has 29 heavy (non-hydrogen) atoms. The molecular weight excluding hydrogens is 360 g/mol. The first-order valence-electron chi connectivity index (χ1n) is 10.0. The third-order valence-electron chi connectivity index (χ3n) is 5.40. The number of carbonyl (C=O) groups excluding carboxylic acids is 1. The molecule has 144 valence electrons. The number of carbonyl (C=O) groups is 1. The van der Waals surface area contributed by atoms with Gasteiger partial charge in [-0.05, 0) is 24.3 Å². The summed E-state index contributed by atoms with van der Waals surface area (Å²) in [5.74, 6) is 1.60. The van der Waals surface area contributed by atoms with Crippen molar-refractivity contribution >= 4 is 17.2 Å². The average Bonchev–Trinajstić information content (AvgIpc) is 3.48. The maximum absolute atomic E-state index is 12.3. The minimum absolute atomic E-state index is 0.244. The van der Waals surface area contributed by atoms with E-state index in [2.05, 4.69) is 27.4 Å². The molecule has 0 saturated heterocycles. The van der Waals surface area contributed by atoms with Crippen LogP contribution in [0.1, 0.15) is 35.2 Å². The Morgan fingerprint density at radius 2 is 1.83 bits per heavy atom. The quantitative estimate of drug-likeness (QED) is 0.458. The molecule has 0 atom stereocenters. The van der Waals surface area contributed by atoms with Gasteiger partial charge in [0.15, 0.2) is 17.2 Å². The smallest absolute Gasteiger partial charge is 0.180 e. The summed E-state index contributed by atoms with van der Waals surface area (Å²) in [5.41, 5.74) is 4.77. The monoisotopic (exact) mass is 382 g/mol. The van der Waals surface area contributed by atoms with Crippen LogP contribution in [0.4, 0.5) is 5.82 Å². The fourth-order valence-electron chi connectivity index (χ4n) is 3.57. The van der Waals surface area contributed by atoms with Crippen LogP contribution >= 0.6 is 0 Å². The molecule has 2 aromatic carbocycles. The molecular formula is C24H22N4O. The summed E-state index contributed by atoms with van der Waals surface area (Å²) in [4.78, 5) is 21.3. The van der Waals surface area contributed by atoms with Crippen LogP contribution in [0.5, 0.6) is 0 Å². The molecule has 5 rings (SSSR count). The minimum Gasteiger partial charge on any atom is -0.363 e. The summed E-state index contributed by atoms with van der Waals surface area (Å²) >= 11 is 0. The fraction of sp³-hybridized carbons (Fsp3) is 0.208. The van der Waals surface area contributed by atoms with Crippen molar-refractivity contribution < 1.29 is 4.79 Å². The molecule has 0 bridgehead atoms. The van der Waals surface area contributed by atoms with Gasteiger partial charge in [0, 0.05) is 36.5 Å². The molecule has 5 nitrogen and oxygen atoms in total. The summed E-state index contributed by atoms with van der Waals surface area (Å²) in [6.07, 6.45) is 8.61. The van der Waals surface area contributed by atoms with Gasteiger partial charge in [0.1, 0.15) is 0 Å². The zero-order valence-corrected chi connectivity index (χ0v) is 16.1. The molecule has 5 heteroatoms. The molecule has 0 unspecified atom stereocenters.